The van der Waals surface area contributed by atoms with E-state index in [1.165, 1.54) is 7.11 Å². The molecule has 1 aliphatic carbocycles. The van der Waals surface area contributed by atoms with Gasteiger partial charge >= 0.3 is 11.9 Å². The first-order valence-electron chi connectivity index (χ1n) is 7.22. The first kappa shape index (κ1) is 15.7. The molecule has 23 heavy (non-hydrogen) atoms. The number of hydrogen-bond acceptors (Lipinski definition) is 4. The second kappa shape index (κ2) is 6.16. The van der Waals surface area contributed by atoms with Crippen LogP contribution in [0.3, 0.4) is 0 Å². The van der Waals surface area contributed by atoms with E-state index in [-0.39, 0.29) is 5.97 Å². The van der Waals surface area contributed by atoms with Crippen LogP contribution >= 0.6 is 15.9 Å². The lowest BCUT2D eigenvalue weighted by Gasteiger charge is -2.15. The van der Waals surface area contributed by atoms with Gasteiger partial charge in [0.15, 0.2) is 0 Å². The molecular weight excluding hydrogens is 360 g/mol. The van der Waals surface area contributed by atoms with Gasteiger partial charge in [-0.2, -0.15) is 0 Å². The third kappa shape index (κ3) is 3.15. The summed E-state index contributed by atoms with van der Waals surface area (Å²) in [4.78, 5) is 24.0. The van der Waals surface area contributed by atoms with Gasteiger partial charge in [0.1, 0.15) is 5.75 Å². The Hall–Kier alpha value is -2.14. The van der Waals surface area contributed by atoms with Gasteiger partial charge < -0.3 is 9.47 Å². The van der Waals surface area contributed by atoms with Crippen LogP contribution in [0.25, 0.3) is 0 Å². The number of ether oxygens (including phenoxy) is 2. The number of rotatable bonds is 4. The largest absolute Gasteiger partial charge is 0.465 e. The van der Waals surface area contributed by atoms with E-state index < -0.39 is 11.4 Å². The zero-order chi connectivity index (χ0) is 16.4. The molecule has 0 spiro atoms. The molecule has 0 aromatic heterocycles. The molecule has 0 N–H and O–H groups in total. The van der Waals surface area contributed by atoms with Crippen LogP contribution in [0, 0.1) is 0 Å². The van der Waals surface area contributed by atoms with Crippen LogP contribution in [0.15, 0.2) is 53.0 Å². The second-order valence-electron chi connectivity index (χ2n) is 5.50. The summed E-state index contributed by atoms with van der Waals surface area (Å²) >= 11 is 3.43. The van der Waals surface area contributed by atoms with Crippen molar-refractivity contribution in [3.05, 3.63) is 64.1 Å². The number of halogens is 1. The summed E-state index contributed by atoms with van der Waals surface area (Å²) in [6.45, 7) is 0. The maximum Gasteiger partial charge on any atom is 0.337 e. The molecule has 0 amide bonds. The van der Waals surface area contributed by atoms with Crippen molar-refractivity contribution >= 4 is 27.9 Å². The Kier molecular flexibility index (Phi) is 4.22. The third-order valence-electron chi connectivity index (χ3n) is 4.00. The quantitative estimate of drug-likeness (QED) is 0.601. The van der Waals surface area contributed by atoms with Gasteiger partial charge in [-0.25, -0.2) is 4.79 Å². The maximum atomic E-state index is 12.6. The van der Waals surface area contributed by atoms with Crippen LogP contribution in [-0.4, -0.2) is 19.0 Å². The van der Waals surface area contributed by atoms with Crippen molar-refractivity contribution in [2.75, 3.05) is 7.11 Å². The van der Waals surface area contributed by atoms with E-state index in [4.69, 9.17) is 4.74 Å². The summed E-state index contributed by atoms with van der Waals surface area (Å²) in [5, 5.41) is 0. The number of esters is 2. The number of methoxy groups -OCH3 is 1. The van der Waals surface area contributed by atoms with E-state index in [1.807, 2.05) is 24.3 Å². The molecule has 0 aliphatic heterocycles. The minimum absolute atomic E-state index is 0.263. The van der Waals surface area contributed by atoms with Gasteiger partial charge in [0.2, 0.25) is 0 Å². The predicted octanol–water partition coefficient (Wildman–Crippen LogP) is 3.87. The van der Waals surface area contributed by atoms with Crippen molar-refractivity contribution < 1.29 is 19.1 Å². The Bertz CT molecular complexity index is 748. The SMILES string of the molecule is COC(=O)c1ccc(OC(=O)C2(c3cccc(Br)c3)CC2)cc1. The number of carbonyl (C=O) groups excluding carboxylic acids is 2. The van der Waals surface area contributed by atoms with Crippen molar-refractivity contribution in [3.8, 4) is 5.75 Å². The van der Waals surface area contributed by atoms with Gasteiger partial charge in [-0.1, -0.05) is 28.1 Å². The molecule has 0 radical (unpaired) electrons. The Labute approximate surface area is 142 Å². The van der Waals surface area contributed by atoms with Crippen LogP contribution in [0.5, 0.6) is 5.75 Å². The zero-order valence-electron chi connectivity index (χ0n) is 12.5. The molecule has 0 heterocycles. The van der Waals surface area contributed by atoms with E-state index in [9.17, 15) is 9.59 Å². The fourth-order valence-electron chi connectivity index (χ4n) is 2.50. The van der Waals surface area contributed by atoms with Crippen molar-refractivity contribution in [1.29, 1.82) is 0 Å². The van der Waals surface area contributed by atoms with E-state index in [1.54, 1.807) is 24.3 Å². The predicted molar refractivity (Wildman–Crippen MR) is 88.5 cm³/mol. The maximum absolute atomic E-state index is 12.6. The third-order valence-corrected chi connectivity index (χ3v) is 4.50. The molecule has 1 fully saturated rings. The number of hydrogen-bond donors (Lipinski definition) is 0. The Morgan fingerprint density at radius 3 is 2.35 bits per heavy atom. The van der Waals surface area contributed by atoms with E-state index in [2.05, 4.69) is 20.7 Å². The molecule has 3 rings (SSSR count). The van der Waals surface area contributed by atoms with Crippen LogP contribution in [0.1, 0.15) is 28.8 Å². The van der Waals surface area contributed by atoms with Gasteiger partial charge in [0.05, 0.1) is 18.1 Å². The summed E-state index contributed by atoms with van der Waals surface area (Å²) in [6.07, 6.45) is 1.56. The summed E-state index contributed by atoms with van der Waals surface area (Å²) in [7, 11) is 1.32. The fraction of sp³-hybridized carbons (Fsp3) is 0.222. The summed E-state index contributed by atoms with van der Waals surface area (Å²) < 4.78 is 11.1. The topological polar surface area (TPSA) is 52.6 Å². The number of benzene rings is 2. The Balaban J connectivity index is 1.75. The molecular formula is C18H15BrO4. The Morgan fingerprint density at radius 1 is 1.09 bits per heavy atom. The Morgan fingerprint density at radius 2 is 1.78 bits per heavy atom. The fourth-order valence-corrected chi connectivity index (χ4v) is 2.90. The first-order chi connectivity index (χ1) is 11.0. The molecule has 0 bridgehead atoms. The van der Waals surface area contributed by atoms with Gasteiger partial charge in [0.25, 0.3) is 0 Å². The highest BCUT2D eigenvalue weighted by Crippen LogP contribution is 2.49. The molecule has 2 aromatic rings. The molecule has 1 saturated carbocycles. The molecule has 4 nitrogen and oxygen atoms in total. The first-order valence-corrected chi connectivity index (χ1v) is 8.01. The molecule has 2 aromatic carbocycles. The van der Waals surface area contributed by atoms with Crippen LogP contribution in [0.4, 0.5) is 0 Å². The van der Waals surface area contributed by atoms with Crippen molar-refractivity contribution in [2.45, 2.75) is 18.3 Å². The molecule has 0 saturated heterocycles. The van der Waals surface area contributed by atoms with Gasteiger partial charge in [0, 0.05) is 4.47 Å². The normalized spacial score (nSPS) is 14.9. The molecule has 1 aliphatic rings. The monoisotopic (exact) mass is 374 g/mol. The minimum atomic E-state index is -0.551. The van der Waals surface area contributed by atoms with Crippen molar-refractivity contribution in [3.63, 3.8) is 0 Å². The molecule has 5 heteroatoms. The standard InChI is InChI=1S/C18H15BrO4/c1-22-16(20)12-5-7-15(8-6-12)23-17(21)18(9-10-18)13-3-2-4-14(19)11-13/h2-8,11H,9-10H2,1H3. The highest BCUT2D eigenvalue weighted by atomic mass is 79.9. The van der Waals surface area contributed by atoms with Crippen LogP contribution < -0.4 is 4.74 Å². The second-order valence-corrected chi connectivity index (χ2v) is 6.41. The lowest BCUT2D eigenvalue weighted by Crippen LogP contribution is -2.25. The van der Waals surface area contributed by atoms with Crippen molar-refractivity contribution in [1.82, 2.24) is 0 Å². The summed E-state index contributed by atoms with van der Waals surface area (Å²) in [6, 6.07) is 14.1. The highest BCUT2D eigenvalue weighted by Gasteiger charge is 2.53. The minimum Gasteiger partial charge on any atom is -0.465 e. The van der Waals surface area contributed by atoms with Crippen LogP contribution in [-0.2, 0) is 14.9 Å². The summed E-state index contributed by atoms with van der Waals surface area (Å²) in [5.74, 6) is -0.263. The van der Waals surface area contributed by atoms with E-state index in [0.29, 0.717) is 11.3 Å². The number of carbonyl (C=O) groups is 2. The van der Waals surface area contributed by atoms with Gasteiger partial charge in [-0.15, -0.1) is 0 Å². The lowest BCUT2D eigenvalue weighted by molar-refractivity contribution is -0.137. The average molecular weight is 375 g/mol. The average Bonchev–Trinajstić information content (AvgIpc) is 3.37. The lowest BCUT2D eigenvalue weighted by atomic mass is 9.96. The van der Waals surface area contributed by atoms with Gasteiger partial charge in [-0.3, -0.25) is 4.79 Å². The molecule has 0 unspecified atom stereocenters. The zero-order valence-corrected chi connectivity index (χ0v) is 14.1. The smallest absolute Gasteiger partial charge is 0.337 e. The van der Waals surface area contributed by atoms with Gasteiger partial charge in [-0.05, 0) is 54.8 Å². The van der Waals surface area contributed by atoms with Crippen molar-refractivity contribution in [2.24, 2.45) is 0 Å². The summed E-state index contributed by atoms with van der Waals surface area (Å²) in [5.41, 5.74) is 0.827. The van der Waals surface area contributed by atoms with Crippen LogP contribution in [0.2, 0.25) is 0 Å². The van der Waals surface area contributed by atoms with E-state index >= 15 is 0 Å². The molecule has 118 valence electrons. The van der Waals surface area contributed by atoms with E-state index in [0.717, 1.165) is 22.9 Å². The highest BCUT2D eigenvalue weighted by molar-refractivity contribution is 9.10. The molecule has 0 atom stereocenters.